The van der Waals surface area contributed by atoms with E-state index in [0.717, 1.165) is 0 Å². The van der Waals surface area contributed by atoms with Crippen molar-refractivity contribution in [1.29, 1.82) is 0 Å². The molecule has 0 aliphatic carbocycles. The molecule has 0 aliphatic heterocycles. The van der Waals surface area contributed by atoms with Gasteiger partial charge in [0.15, 0.2) is 10.7 Å². The maximum absolute atomic E-state index is 12.5. The van der Waals surface area contributed by atoms with Crippen LogP contribution in [-0.2, 0) is 17.1 Å². The molecule has 0 aromatic carbocycles. The van der Waals surface area contributed by atoms with Crippen LogP contribution in [0.15, 0.2) is 35.7 Å². The summed E-state index contributed by atoms with van der Waals surface area (Å²) in [6, 6.07) is 2.83. The van der Waals surface area contributed by atoms with E-state index in [4.69, 9.17) is 0 Å². The summed E-state index contributed by atoms with van der Waals surface area (Å²) in [5.41, 5.74) is 0.0721. The summed E-state index contributed by atoms with van der Waals surface area (Å²) in [5, 5.41) is 10.7. The van der Waals surface area contributed by atoms with E-state index in [2.05, 4.69) is 25.2 Å². The molecule has 2 N–H and O–H groups in total. The Morgan fingerprint density at radius 1 is 1.19 bits per heavy atom. The van der Waals surface area contributed by atoms with E-state index in [1.807, 2.05) is 20.8 Å². The third-order valence-electron chi connectivity index (χ3n) is 3.39. The fraction of sp³-hybridized carbons (Fsp3) is 0.333. The number of rotatable bonds is 4. The van der Waals surface area contributed by atoms with Crippen molar-refractivity contribution in [2.45, 2.75) is 31.3 Å². The van der Waals surface area contributed by atoms with Crippen LogP contribution in [0, 0.1) is 0 Å². The smallest absolute Gasteiger partial charge is 0.280 e. The van der Waals surface area contributed by atoms with E-state index in [1.165, 1.54) is 47.0 Å². The van der Waals surface area contributed by atoms with Crippen LogP contribution in [0.25, 0.3) is 5.65 Å². The lowest BCUT2D eigenvalue weighted by Crippen LogP contribution is -2.40. The number of aryl methyl sites for hydroxylation is 1. The van der Waals surface area contributed by atoms with Gasteiger partial charge in [-0.1, -0.05) is 0 Å². The van der Waals surface area contributed by atoms with Crippen molar-refractivity contribution >= 4 is 27.4 Å². The van der Waals surface area contributed by atoms with Gasteiger partial charge in [-0.2, -0.15) is 18.6 Å². The number of anilines is 1. The van der Waals surface area contributed by atoms with E-state index in [9.17, 15) is 13.2 Å². The highest BCUT2D eigenvalue weighted by atomic mass is 32.2. The van der Waals surface area contributed by atoms with E-state index < -0.39 is 15.6 Å². The first-order valence-electron chi connectivity index (χ1n) is 7.74. The first-order chi connectivity index (χ1) is 12.1. The van der Waals surface area contributed by atoms with Gasteiger partial charge in [0.1, 0.15) is 11.4 Å². The van der Waals surface area contributed by atoms with Crippen LogP contribution < -0.4 is 10.0 Å². The highest BCUT2D eigenvalue weighted by Gasteiger charge is 2.22. The summed E-state index contributed by atoms with van der Waals surface area (Å²) in [6.07, 6.45) is 4.30. The van der Waals surface area contributed by atoms with Gasteiger partial charge < -0.3 is 5.32 Å². The fourth-order valence-electron chi connectivity index (χ4n) is 2.31. The summed E-state index contributed by atoms with van der Waals surface area (Å²) in [7, 11) is -2.33. The summed E-state index contributed by atoms with van der Waals surface area (Å²) in [4.78, 5) is 16.6. The van der Waals surface area contributed by atoms with Crippen LogP contribution >= 0.6 is 0 Å². The maximum atomic E-state index is 12.5. The number of hydrogen-bond donors (Lipinski definition) is 2. The third-order valence-corrected chi connectivity index (χ3v) is 4.82. The van der Waals surface area contributed by atoms with Gasteiger partial charge in [-0.3, -0.25) is 14.2 Å². The molecule has 0 atom stereocenters. The molecule has 0 aliphatic rings. The number of hydrogen-bond acceptors (Lipinski definition) is 6. The Balaban J connectivity index is 1.95. The first kappa shape index (κ1) is 17.9. The highest BCUT2D eigenvalue weighted by Crippen LogP contribution is 2.16. The van der Waals surface area contributed by atoms with E-state index >= 15 is 0 Å². The van der Waals surface area contributed by atoms with Gasteiger partial charge in [-0.05, 0) is 32.9 Å². The second-order valence-electron chi connectivity index (χ2n) is 6.74. The number of amides is 1. The quantitative estimate of drug-likeness (QED) is 0.693. The average Bonchev–Trinajstić information content (AvgIpc) is 3.11. The molecule has 26 heavy (non-hydrogen) atoms. The Bertz CT molecular complexity index is 1080. The average molecular weight is 377 g/mol. The van der Waals surface area contributed by atoms with Crippen LogP contribution in [0.5, 0.6) is 0 Å². The molecule has 10 nitrogen and oxygen atoms in total. The van der Waals surface area contributed by atoms with Gasteiger partial charge in [0.25, 0.3) is 15.9 Å². The zero-order chi connectivity index (χ0) is 19.1. The molecule has 3 aromatic heterocycles. The number of carbonyl (C=O) groups excluding carboxylic acids is 1. The van der Waals surface area contributed by atoms with Crippen molar-refractivity contribution in [3.05, 3.63) is 36.3 Å². The van der Waals surface area contributed by atoms with Gasteiger partial charge in [0, 0.05) is 18.8 Å². The molecule has 0 radical (unpaired) electrons. The Hall–Kier alpha value is -2.95. The van der Waals surface area contributed by atoms with Crippen molar-refractivity contribution < 1.29 is 13.2 Å². The molecule has 0 saturated carbocycles. The lowest BCUT2D eigenvalue weighted by molar-refractivity contribution is 0.0921. The van der Waals surface area contributed by atoms with Crippen LogP contribution in [0.2, 0.25) is 0 Å². The number of nitrogens with one attached hydrogen (secondary N) is 2. The number of sulfonamides is 1. The van der Waals surface area contributed by atoms with Crippen molar-refractivity contribution in [1.82, 2.24) is 29.7 Å². The molecular weight excluding hydrogens is 358 g/mol. The van der Waals surface area contributed by atoms with Crippen molar-refractivity contribution in [3.63, 3.8) is 0 Å². The van der Waals surface area contributed by atoms with Gasteiger partial charge in [-0.15, -0.1) is 0 Å². The van der Waals surface area contributed by atoms with Gasteiger partial charge in [0.05, 0.1) is 12.4 Å². The van der Waals surface area contributed by atoms with E-state index in [1.54, 1.807) is 0 Å². The predicted molar refractivity (Wildman–Crippen MR) is 94.2 cm³/mol. The molecule has 0 saturated heterocycles. The van der Waals surface area contributed by atoms with Gasteiger partial charge in [0.2, 0.25) is 0 Å². The van der Waals surface area contributed by atoms with Crippen molar-refractivity contribution in [3.8, 4) is 0 Å². The number of nitrogens with zero attached hydrogens (tertiary/aromatic N) is 5. The Labute approximate surface area is 150 Å². The third kappa shape index (κ3) is 3.52. The van der Waals surface area contributed by atoms with Gasteiger partial charge >= 0.3 is 0 Å². The van der Waals surface area contributed by atoms with Crippen LogP contribution in [0.3, 0.4) is 0 Å². The van der Waals surface area contributed by atoms with E-state index in [-0.39, 0.29) is 28.0 Å². The molecule has 0 fully saturated rings. The van der Waals surface area contributed by atoms with Crippen LogP contribution in [-0.4, -0.2) is 44.2 Å². The molecule has 3 aromatic rings. The Kier molecular flexibility index (Phi) is 4.18. The molecular formula is C15H19N7O3S. The molecule has 138 valence electrons. The minimum atomic E-state index is -3.86. The monoisotopic (exact) mass is 377 g/mol. The summed E-state index contributed by atoms with van der Waals surface area (Å²) >= 11 is 0. The second kappa shape index (κ2) is 6.09. The number of aromatic nitrogens is 5. The maximum Gasteiger partial charge on any atom is 0.280 e. The molecule has 11 heteroatoms. The molecule has 0 spiro atoms. The molecule has 3 heterocycles. The molecule has 3 rings (SSSR count). The van der Waals surface area contributed by atoms with Crippen molar-refractivity contribution in [2.24, 2.45) is 7.05 Å². The molecule has 1 amide bonds. The zero-order valence-corrected chi connectivity index (χ0v) is 15.6. The minimum absolute atomic E-state index is 0.00150. The Morgan fingerprint density at radius 3 is 2.54 bits per heavy atom. The highest BCUT2D eigenvalue weighted by molar-refractivity contribution is 7.92. The second-order valence-corrected chi connectivity index (χ2v) is 8.37. The summed E-state index contributed by atoms with van der Waals surface area (Å²) < 4.78 is 29.9. The predicted octanol–water partition coefficient (Wildman–Crippen LogP) is 0.792. The standard InChI is InChI=1S/C15H19N7O3S/c1-15(2,3)19-14(23)10-9-17-22-8-6-11(18-13(10)22)20-26(24,25)12-5-7-16-21(12)4/h5-9H,1-4H3,(H,18,20)(H,19,23). The first-order valence-corrected chi connectivity index (χ1v) is 9.23. The normalized spacial score (nSPS) is 12.3. The van der Waals surface area contributed by atoms with E-state index in [0.29, 0.717) is 0 Å². The lowest BCUT2D eigenvalue weighted by atomic mass is 10.1. The lowest BCUT2D eigenvalue weighted by Gasteiger charge is -2.19. The molecule has 0 unspecified atom stereocenters. The minimum Gasteiger partial charge on any atom is -0.347 e. The number of fused-ring (bicyclic) bond motifs is 1. The van der Waals surface area contributed by atoms with Crippen molar-refractivity contribution in [2.75, 3.05) is 4.72 Å². The number of carbonyl (C=O) groups is 1. The molecule has 0 bridgehead atoms. The SMILES string of the molecule is Cn1nccc1S(=O)(=O)Nc1ccn2ncc(C(=O)NC(C)(C)C)c2n1. The summed E-state index contributed by atoms with van der Waals surface area (Å²) in [5.74, 6) is -0.268. The fourth-order valence-corrected chi connectivity index (χ4v) is 3.44. The van der Waals surface area contributed by atoms with Gasteiger partial charge in [-0.25, -0.2) is 9.50 Å². The van der Waals surface area contributed by atoms with Crippen LogP contribution in [0.1, 0.15) is 31.1 Å². The topological polar surface area (TPSA) is 123 Å². The zero-order valence-electron chi connectivity index (χ0n) is 14.8. The van der Waals surface area contributed by atoms with Crippen LogP contribution in [0.4, 0.5) is 5.82 Å². The largest absolute Gasteiger partial charge is 0.347 e. The summed E-state index contributed by atoms with van der Waals surface area (Å²) in [6.45, 7) is 5.58. The Morgan fingerprint density at radius 2 is 1.92 bits per heavy atom.